The highest BCUT2D eigenvalue weighted by Crippen LogP contribution is 2.18. The Hall–Kier alpha value is -0.430. The van der Waals surface area contributed by atoms with Crippen molar-refractivity contribution in [3.63, 3.8) is 0 Å². The van der Waals surface area contributed by atoms with Crippen LogP contribution in [-0.2, 0) is 16.6 Å². The van der Waals surface area contributed by atoms with Gasteiger partial charge in [-0.1, -0.05) is 13.0 Å². The van der Waals surface area contributed by atoms with Crippen LogP contribution in [0.2, 0.25) is 0 Å². The molecule has 0 radical (unpaired) electrons. The van der Waals surface area contributed by atoms with Crippen LogP contribution in [0, 0.1) is 5.92 Å². The van der Waals surface area contributed by atoms with Crippen LogP contribution >= 0.6 is 11.3 Å². The Balaban J connectivity index is 1.98. The molecule has 0 spiro atoms. The van der Waals surface area contributed by atoms with Crippen LogP contribution in [0.4, 0.5) is 0 Å². The van der Waals surface area contributed by atoms with Crippen molar-refractivity contribution in [1.82, 2.24) is 9.62 Å². The van der Waals surface area contributed by atoms with Gasteiger partial charge in [0, 0.05) is 18.0 Å². The van der Waals surface area contributed by atoms with Crippen LogP contribution in [0.3, 0.4) is 0 Å². The van der Waals surface area contributed by atoms with Gasteiger partial charge < -0.3 is 5.32 Å². The first kappa shape index (κ1) is 15.0. The lowest BCUT2D eigenvalue weighted by Crippen LogP contribution is -2.39. The smallest absolute Gasteiger partial charge is 0.214 e. The largest absolute Gasteiger partial charge is 0.316 e. The number of nitrogens with zero attached hydrogens (tertiary/aromatic N) is 1. The van der Waals surface area contributed by atoms with Crippen molar-refractivity contribution in [2.45, 2.75) is 26.3 Å². The number of hydrogen-bond acceptors (Lipinski definition) is 4. The van der Waals surface area contributed by atoms with Crippen molar-refractivity contribution >= 4 is 21.4 Å². The number of thiophene rings is 1. The summed E-state index contributed by atoms with van der Waals surface area (Å²) in [5.74, 6) is 0.537. The fraction of sp³-hybridized carbons (Fsp3) is 0.692. The van der Waals surface area contributed by atoms with E-state index < -0.39 is 10.0 Å². The van der Waals surface area contributed by atoms with E-state index in [0.717, 1.165) is 30.8 Å². The molecule has 0 saturated carbocycles. The molecule has 4 nitrogen and oxygen atoms in total. The fourth-order valence-corrected chi connectivity index (χ4v) is 5.07. The van der Waals surface area contributed by atoms with Gasteiger partial charge in [-0.15, -0.1) is 11.3 Å². The predicted octanol–water partition coefficient (Wildman–Crippen LogP) is 1.90. The summed E-state index contributed by atoms with van der Waals surface area (Å²) in [6.07, 6.45) is 2.10. The van der Waals surface area contributed by atoms with Gasteiger partial charge in [-0.3, -0.25) is 0 Å². The van der Waals surface area contributed by atoms with Crippen molar-refractivity contribution in [3.05, 3.63) is 22.4 Å². The molecule has 1 saturated heterocycles. The van der Waals surface area contributed by atoms with Crippen molar-refractivity contribution in [2.24, 2.45) is 5.92 Å². The monoisotopic (exact) mass is 302 g/mol. The lowest BCUT2D eigenvalue weighted by atomic mass is 10.0. The van der Waals surface area contributed by atoms with Crippen LogP contribution in [-0.4, -0.2) is 38.1 Å². The van der Waals surface area contributed by atoms with Gasteiger partial charge in [0.2, 0.25) is 10.0 Å². The van der Waals surface area contributed by atoms with Gasteiger partial charge in [0.25, 0.3) is 0 Å². The third-order valence-electron chi connectivity index (χ3n) is 3.50. The van der Waals surface area contributed by atoms with E-state index in [0.29, 0.717) is 13.1 Å². The summed E-state index contributed by atoms with van der Waals surface area (Å²) in [7, 11) is -3.15. The van der Waals surface area contributed by atoms with Gasteiger partial charge in [0.05, 0.1) is 5.75 Å². The maximum atomic E-state index is 12.5. The molecule has 0 aliphatic carbocycles. The van der Waals surface area contributed by atoms with E-state index in [4.69, 9.17) is 0 Å². The summed E-state index contributed by atoms with van der Waals surface area (Å²) in [6.45, 7) is 4.81. The lowest BCUT2D eigenvalue weighted by molar-refractivity contribution is 0.381. The van der Waals surface area contributed by atoms with E-state index in [1.54, 1.807) is 15.6 Å². The topological polar surface area (TPSA) is 49.4 Å². The van der Waals surface area contributed by atoms with E-state index in [9.17, 15) is 8.42 Å². The Labute approximate surface area is 119 Å². The Morgan fingerprint density at radius 1 is 1.53 bits per heavy atom. The molecule has 2 rings (SSSR count). The SMILES string of the molecule is CCN(Cc1cccs1)S(=O)(=O)CC1CCCNC1. The van der Waals surface area contributed by atoms with E-state index in [1.165, 1.54) is 0 Å². The second-order valence-electron chi connectivity index (χ2n) is 5.00. The number of sulfonamides is 1. The summed E-state index contributed by atoms with van der Waals surface area (Å²) < 4.78 is 26.5. The highest BCUT2D eigenvalue weighted by molar-refractivity contribution is 7.89. The normalized spacial score (nSPS) is 20.8. The molecule has 0 aromatic carbocycles. The zero-order valence-electron chi connectivity index (χ0n) is 11.3. The van der Waals surface area contributed by atoms with E-state index in [-0.39, 0.29) is 11.7 Å². The van der Waals surface area contributed by atoms with Crippen molar-refractivity contribution < 1.29 is 8.42 Å². The highest BCUT2D eigenvalue weighted by atomic mass is 32.2. The van der Waals surface area contributed by atoms with Crippen molar-refractivity contribution in [2.75, 3.05) is 25.4 Å². The van der Waals surface area contributed by atoms with Crippen LogP contribution in [0.15, 0.2) is 17.5 Å². The number of piperidine rings is 1. The number of nitrogens with one attached hydrogen (secondary N) is 1. The molecule has 1 atom stereocenters. The molecule has 2 heterocycles. The minimum absolute atomic E-state index is 0.260. The highest BCUT2D eigenvalue weighted by Gasteiger charge is 2.26. The molecule has 1 N–H and O–H groups in total. The fourth-order valence-electron chi connectivity index (χ4n) is 2.45. The predicted molar refractivity (Wildman–Crippen MR) is 79.8 cm³/mol. The second kappa shape index (κ2) is 6.83. The third kappa shape index (κ3) is 4.27. The second-order valence-corrected chi connectivity index (χ2v) is 8.04. The van der Waals surface area contributed by atoms with E-state index >= 15 is 0 Å². The number of rotatable bonds is 6. The van der Waals surface area contributed by atoms with Crippen LogP contribution in [0.1, 0.15) is 24.6 Å². The summed E-state index contributed by atoms with van der Waals surface area (Å²) in [4.78, 5) is 1.10. The van der Waals surface area contributed by atoms with Gasteiger partial charge in [0.1, 0.15) is 0 Å². The Bertz CT molecular complexity index is 465. The molecule has 1 aromatic rings. The summed E-state index contributed by atoms with van der Waals surface area (Å²) in [5, 5.41) is 5.27. The van der Waals surface area contributed by atoms with E-state index in [2.05, 4.69) is 5.32 Å². The zero-order chi connectivity index (χ0) is 13.7. The molecule has 0 amide bonds. The first-order chi connectivity index (χ1) is 9.12. The molecule has 6 heteroatoms. The molecule has 1 aliphatic rings. The minimum atomic E-state index is -3.15. The molecule has 108 valence electrons. The van der Waals surface area contributed by atoms with Gasteiger partial charge >= 0.3 is 0 Å². The molecule has 1 aromatic heterocycles. The standard InChI is InChI=1S/C13H22N2O2S2/c1-2-15(10-13-6-4-8-18-13)19(16,17)11-12-5-3-7-14-9-12/h4,6,8,12,14H,2-3,5,7,9-11H2,1H3. The quantitative estimate of drug-likeness (QED) is 0.873. The molecule has 0 bridgehead atoms. The molecular weight excluding hydrogens is 280 g/mol. The van der Waals surface area contributed by atoms with Crippen LogP contribution < -0.4 is 5.32 Å². The van der Waals surface area contributed by atoms with Gasteiger partial charge in [0.15, 0.2) is 0 Å². The molecular formula is C13H22N2O2S2. The zero-order valence-corrected chi connectivity index (χ0v) is 13.0. The summed E-state index contributed by atoms with van der Waals surface area (Å²) in [5.41, 5.74) is 0. The Morgan fingerprint density at radius 2 is 2.37 bits per heavy atom. The average Bonchev–Trinajstić information content (AvgIpc) is 2.89. The lowest BCUT2D eigenvalue weighted by Gasteiger charge is -2.26. The first-order valence-electron chi connectivity index (χ1n) is 6.82. The molecule has 19 heavy (non-hydrogen) atoms. The van der Waals surface area contributed by atoms with Crippen molar-refractivity contribution in [1.29, 1.82) is 0 Å². The third-order valence-corrected chi connectivity index (χ3v) is 6.43. The first-order valence-corrected chi connectivity index (χ1v) is 9.31. The number of hydrogen-bond donors (Lipinski definition) is 1. The minimum Gasteiger partial charge on any atom is -0.316 e. The maximum absolute atomic E-state index is 12.5. The molecule has 1 aliphatic heterocycles. The Kier molecular flexibility index (Phi) is 5.38. The van der Waals surface area contributed by atoms with E-state index in [1.807, 2.05) is 24.4 Å². The summed E-state index contributed by atoms with van der Waals surface area (Å²) in [6, 6.07) is 3.95. The van der Waals surface area contributed by atoms with Crippen LogP contribution in [0.5, 0.6) is 0 Å². The summed E-state index contributed by atoms with van der Waals surface area (Å²) >= 11 is 1.61. The van der Waals surface area contributed by atoms with Crippen molar-refractivity contribution in [3.8, 4) is 0 Å². The average molecular weight is 302 g/mol. The van der Waals surface area contributed by atoms with Crippen LogP contribution in [0.25, 0.3) is 0 Å². The Morgan fingerprint density at radius 3 is 2.95 bits per heavy atom. The van der Waals surface area contributed by atoms with Gasteiger partial charge in [-0.25, -0.2) is 8.42 Å². The van der Waals surface area contributed by atoms with Gasteiger partial charge in [-0.05, 0) is 43.3 Å². The molecule has 1 fully saturated rings. The molecule has 1 unspecified atom stereocenters. The maximum Gasteiger partial charge on any atom is 0.214 e. The van der Waals surface area contributed by atoms with Gasteiger partial charge in [-0.2, -0.15) is 4.31 Å².